The Morgan fingerprint density at radius 3 is 2.40 bits per heavy atom. The van der Waals surface area contributed by atoms with Crippen LogP contribution in [0.2, 0.25) is 0 Å². The van der Waals surface area contributed by atoms with Crippen LogP contribution in [0.1, 0.15) is 54.8 Å². The molecule has 43 heavy (non-hydrogen) atoms. The Labute approximate surface area is 252 Å². The van der Waals surface area contributed by atoms with Gasteiger partial charge in [0.25, 0.3) is 0 Å². The van der Waals surface area contributed by atoms with Crippen molar-refractivity contribution in [1.82, 2.24) is 41.1 Å². The third-order valence-corrected chi connectivity index (χ3v) is 12.1. The van der Waals surface area contributed by atoms with E-state index < -0.39 is 9.84 Å². The normalized spacial score (nSPS) is 31.8. The van der Waals surface area contributed by atoms with E-state index in [9.17, 15) is 13.2 Å². The molecular formula is C31H40N8O3S. The molecule has 11 nitrogen and oxygen atoms in total. The molecule has 0 saturated carbocycles. The number of fused-ring (bicyclic) bond motifs is 3. The summed E-state index contributed by atoms with van der Waals surface area (Å²) in [4.78, 5) is 15.7. The van der Waals surface area contributed by atoms with E-state index in [2.05, 4.69) is 67.6 Å². The predicted octanol–water partition coefficient (Wildman–Crippen LogP) is 1.79. The topological polar surface area (TPSA) is 134 Å². The smallest absolute Gasteiger partial charge is 0.228 e. The second-order valence-corrected chi connectivity index (χ2v) is 15.3. The zero-order valence-electron chi connectivity index (χ0n) is 24.6. The van der Waals surface area contributed by atoms with Gasteiger partial charge in [0.05, 0.1) is 23.0 Å². The Bertz CT molecular complexity index is 1540. The Kier molecular flexibility index (Phi) is 7.57. The highest BCUT2D eigenvalue weighted by Gasteiger charge is 2.52. The van der Waals surface area contributed by atoms with Gasteiger partial charge in [-0.25, -0.2) is 13.1 Å². The van der Waals surface area contributed by atoms with Crippen molar-refractivity contribution >= 4 is 15.7 Å². The zero-order chi connectivity index (χ0) is 29.7. The van der Waals surface area contributed by atoms with Gasteiger partial charge in [0.15, 0.2) is 0 Å². The average Bonchev–Trinajstić information content (AvgIpc) is 3.68. The fraction of sp³-hybridized carbons (Fsp3) is 0.548. The molecule has 4 saturated heterocycles. The molecule has 1 amide bonds. The number of carbonyl (C=O) groups is 1. The molecule has 7 atom stereocenters. The van der Waals surface area contributed by atoms with E-state index in [1.54, 1.807) is 11.0 Å². The number of nitrogens with one attached hydrogen (secondary N) is 3. The van der Waals surface area contributed by atoms with Crippen molar-refractivity contribution in [3.05, 3.63) is 71.5 Å². The van der Waals surface area contributed by atoms with Gasteiger partial charge in [-0.2, -0.15) is 0 Å². The number of carbonyl (C=O) groups excluding carboxylic acids is 1. The highest BCUT2D eigenvalue weighted by atomic mass is 32.2. The van der Waals surface area contributed by atoms with Crippen LogP contribution < -0.4 is 16.0 Å². The van der Waals surface area contributed by atoms with Crippen LogP contribution in [0.4, 0.5) is 0 Å². The van der Waals surface area contributed by atoms with Crippen LogP contribution in [0.25, 0.3) is 5.69 Å². The summed E-state index contributed by atoms with van der Waals surface area (Å²) in [6, 6.07) is 17.3. The van der Waals surface area contributed by atoms with Crippen LogP contribution in [0.5, 0.6) is 0 Å². The van der Waals surface area contributed by atoms with Gasteiger partial charge in [-0.15, -0.1) is 5.10 Å². The number of rotatable bonds is 6. The van der Waals surface area contributed by atoms with Crippen molar-refractivity contribution in [3.63, 3.8) is 0 Å². The number of hydrogen-bond acceptors (Lipinski definition) is 9. The largest absolute Gasteiger partial charge is 0.351 e. The molecule has 4 aliphatic heterocycles. The Morgan fingerprint density at radius 1 is 1.00 bits per heavy atom. The third-order valence-electron chi connectivity index (χ3n) is 10.4. The van der Waals surface area contributed by atoms with Crippen molar-refractivity contribution in [1.29, 1.82) is 0 Å². The van der Waals surface area contributed by atoms with Gasteiger partial charge in [0, 0.05) is 31.4 Å². The lowest BCUT2D eigenvalue weighted by Gasteiger charge is -2.49. The zero-order valence-corrected chi connectivity index (χ0v) is 25.5. The number of amides is 1. The number of benzene rings is 2. The molecule has 4 fully saturated rings. The third kappa shape index (κ3) is 5.61. The first-order valence-corrected chi connectivity index (χ1v) is 17.3. The average molecular weight is 605 g/mol. The lowest BCUT2D eigenvalue weighted by Crippen LogP contribution is -2.65. The number of hydrogen-bond donors (Lipinski definition) is 3. The molecule has 0 spiro atoms. The van der Waals surface area contributed by atoms with Crippen LogP contribution >= 0.6 is 0 Å². The summed E-state index contributed by atoms with van der Waals surface area (Å²) >= 11 is 0. The number of nitrogens with zero attached hydrogens (tertiary/aromatic N) is 5. The van der Waals surface area contributed by atoms with Gasteiger partial charge >= 0.3 is 0 Å². The standard InChI is InChI=1S/C31H40N8O3S/c1-19-28(22-7-9-23(10-8-22)39-18-33-36-37-39)31(40)35-27-16-32-30-25(29(19)27)15-26(34-30)21-5-3-20(4-6-21)17-38-13-11-24(12-14-38)43(2,41)42/h3-10,18-19,24-30,32,34H,11-17H2,1-2H3,(H,35,40). The first-order chi connectivity index (χ1) is 20.7. The molecule has 0 radical (unpaired) electrons. The molecule has 7 unspecified atom stereocenters. The van der Waals surface area contributed by atoms with E-state index in [0.717, 1.165) is 43.9 Å². The maximum atomic E-state index is 13.4. The number of aromatic nitrogens is 4. The summed E-state index contributed by atoms with van der Waals surface area (Å²) in [7, 11) is -2.95. The molecule has 3 aromatic rings. The minimum Gasteiger partial charge on any atom is -0.351 e. The fourth-order valence-corrected chi connectivity index (χ4v) is 9.21. The Hall–Kier alpha value is -3.19. The van der Waals surface area contributed by atoms with Crippen molar-refractivity contribution < 1.29 is 13.2 Å². The molecule has 228 valence electrons. The maximum Gasteiger partial charge on any atom is 0.228 e. The molecule has 5 heterocycles. The van der Waals surface area contributed by atoms with Crippen molar-refractivity contribution in [2.45, 2.75) is 62.1 Å². The molecule has 2 aromatic carbocycles. The second kappa shape index (κ2) is 11.4. The number of sulfone groups is 1. The molecule has 7 rings (SSSR count). The fourth-order valence-electron chi connectivity index (χ4n) is 8.14. The minimum atomic E-state index is -2.95. The molecule has 1 aromatic heterocycles. The van der Waals surface area contributed by atoms with Crippen molar-refractivity contribution in [3.8, 4) is 5.69 Å². The summed E-state index contributed by atoms with van der Waals surface area (Å²) in [5.41, 5.74) is 4.43. The van der Waals surface area contributed by atoms with E-state index in [1.807, 2.05) is 24.3 Å². The summed E-state index contributed by atoms with van der Waals surface area (Å²) in [5.74, 6) is 0.853. The summed E-state index contributed by atoms with van der Waals surface area (Å²) in [5, 5.41) is 22.1. The van der Waals surface area contributed by atoms with Gasteiger partial charge < -0.3 is 5.32 Å². The molecule has 12 heteroatoms. The predicted molar refractivity (Wildman–Crippen MR) is 162 cm³/mol. The quantitative estimate of drug-likeness (QED) is 0.385. The first kappa shape index (κ1) is 28.6. The molecule has 0 aliphatic carbocycles. The molecular weight excluding hydrogens is 564 g/mol. The van der Waals surface area contributed by atoms with E-state index in [1.165, 1.54) is 17.4 Å². The van der Waals surface area contributed by atoms with E-state index in [0.29, 0.717) is 24.7 Å². The summed E-state index contributed by atoms with van der Waals surface area (Å²) in [6.07, 6.45) is 5.58. The number of likely N-dealkylation sites (tertiary alicyclic amines) is 1. The van der Waals surface area contributed by atoms with Crippen LogP contribution in [-0.2, 0) is 21.2 Å². The van der Waals surface area contributed by atoms with Crippen LogP contribution in [0, 0.1) is 17.8 Å². The molecule has 3 N–H and O–H groups in total. The van der Waals surface area contributed by atoms with Gasteiger partial charge in [-0.1, -0.05) is 43.3 Å². The number of tetrazole rings is 1. The van der Waals surface area contributed by atoms with Crippen molar-refractivity contribution in [2.75, 3.05) is 25.9 Å². The summed E-state index contributed by atoms with van der Waals surface area (Å²) < 4.78 is 25.4. The first-order valence-electron chi connectivity index (χ1n) is 15.4. The van der Waals surface area contributed by atoms with Crippen molar-refractivity contribution in [2.24, 2.45) is 17.8 Å². The van der Waals surface area contributed by atoms with Gasteiger partial charge in [0.2, 0.25) is 5.91 Å². The van der Waals surface area contributed by atoms with Gasteiger partial charge in [0.1, 0.15) is 16.2 Å². The summed E-state index contributed by atoms with van der Waals surface area (Å²) in [6.45, 7) is 5.50. The van der Waals surface area contributed by atoms with Gasteiger partial charge in [-0.05, 0) is 89.4 Å². The molecule has 4 aliphatic rings. The van der Waals surface area contributed by atoms with Crippen LogP contribution in [0.15, 0.2) is 54.9 Å². The minimum absolute atomic E-state index is 0.0998. The lowest BCUT2D eigenvalue weighted by atomic mass is 9.64. The lowest BCUT2D eigenvalue weighted by molar-refractivity contribution is -0.130. The van der Waals surface area contributed by atoms with Crippen LogP contribution in [-0.4, -0.2) is 82.8 Å². The highest BCUT2D eigenvalue weighted by Crippen LogP contribution is 2.47. The van der Waals surface area contributed by atoms with Crippen LogP contribution in [0.3, 0.4) is 0 Å². The second-order valence-electron chi connectivity index (χ2n) is 12.9. The molecule has 0 bridgehead atoms. The number of piperidine rings is 3. The Morgan fingerprint density at radius 2 is 1.72 bits per heavy atom. The highest BCUT2D eigenvalue weighted by molar-refractivity contribution is 7.91. The SMILES string of the molecule is CC1C(c2ccc(-n3cnnn3)cc2)C(=O)NC2CNC3NC(c4ccc(CN5CCC(S(C)(=O)=O)CC5)cc4)CC3C21. The maximum absolute atomic E-state index is 13.4. The van der Waals surface area contributed by atoms with E-state index >= 15 is 0 Å². The van der Waals surface area contributed by atoms with Gasteiger partial charge in [-0.3, -0.25) is 20.3 Å². The van der Waals surface area contributed by atoms with E-state index in [-0.39, 0.29) is 41.2 Å². The van der Waals surface area contributed by atoms with E-state index in [4.69, 9.17) is 0 Å². The Balaban J connectivity index is 1.01. The monoisotopic (exact) mass is 604 g/mol.